The molecule has 0 aliphatic carbocycles. The van der Waals surface area contributed by atoms with Crippen LogP contribution in [-0.4, -0.2) is 21.2 Å². The second-order valence-electron chi connectivity index (χ2n) is 4.74. The summed E-state index contributed by atoms with van der Waals surface area (Å²) in [6, 6.07) is 10.1. The summed E-state index contributed by atoms with van der Waals surface area (Å²) in [4.78, 5) is 15.3. The number of aromatic carboxylic acids is 1. The van der Waals surface area contributed by atoms with Crippen molar-refractivity contribution in [1.29, 1.82) is 0 Å². The zero-order valence-electron chi connectivity index (χ0n) is 12.1. The molecule has 0 bridgehead atoms. The van der Waals surface area contributed by atoms with Gasteiger partial charge in [-0.15, -0.1) is 11.3 Å². The molecule has 24 heavy (non-hydrogen) atoms. The lowest BCUT2D eigenvalue weighted by Crippen LogP contribution is -1.96. The first-order valence-corrected chi connectivity index (χ1v) is 8.43. The van der Waals surface area contributed by atoms with E-state index in [-0.39, 0.29) is 17.1 Å². The molecule has 1 heterocycles. The molecule has 0 fully saturated rings. The van der Waals surface area contributed by atoms with Gasteiger partial charge in [0.25, 0.3) is 0 Å². The number of thiazole rings is 1. The number of phenols is 1. The lowest BCUT2D eigenvalue weighted by molar-refractivity contribution is 0.0696. The summed E-state index contributed by atoms with van der Waals surface area (Å²) < 4.78 is 15.9. The van der Waals surface area contributed by atoms with Crippen LogP contribution in [-0.2, 0) is 0 Å². The summed E-state index contributed by atoms with van der Waals surface area (Å²) in [5.74, 6) is -1.56. The monoisotopic (exact) mass is 362 g/mol. The largest absolute Gasteiger partial charge is 0.506 e. The van der Waals surface area contributed by atoms with Gasteiger partial charge in [-0.2, -0.15) is 0 Å². The van der Waals surface area contributed by atoms with E-state index in [2.05, 4.69) is 9.71 Å². The molecule has 3 rings (SSSR count). The number of carboxylic acid groups (broad SMARTS) is 1. The number of carbonyl (C=O) groups is 1. The lowest BCUT2D eigenvalue weighted by Gasteiger charge is -2.06. The number of nitrogens with zero attached hydrogens (tertiary/aromatic N) is 1. The summed E-state index contributed by atoms with van der Waals surface area (Å²) in [6.45, 7) is 0. The highest BCUT2D eigenvalue weighted by Gasteiger charge is 2.09. The maximum atomic E-state index is 12.9. The number of rotatable bonds is 5. The molecule has 0 atom stereocenters. The van der Waals surface area contributed by atoms with Crippen molar-refractivity contribution in [3.8, 4) is 16.3 Å². The van der Waals surface area contributed by atoms with Crippen LogP contribution in [0.3, 0.4) is 0 Å². The van der Waals surface area contributed by atoms with Crippen molar-refractivity contribution < 1.29 is 19.4 Å². The van der Waals surface area contributed by atoms with E-state index in [4.69, 9.17) is 5.11 Å². The first-order valence-electron chi connectivity index (χ1n) is 6.73. The fourth-order valence-corrected chi connectivity index (χ4v) is 3.50. The number of benzene rings is 2. The third kappa shape index (κ3) is 3.66. The smallest absolute Gasteiger partial charge is 0.335 e. The Balaban J connectivity index is 1.69. The van der Waals surface area contributed by atoms with Crippen molar-refractivity contribution in [3.05, 3.63) is 59.2 Å². The van der Waals surface area contributed by atoms with Gasteiger partial charge in [0.15, 0.2) is 0 Å². The maximum Gasteiger partial charge on any atom is 0.335 e. The molecular formula is C16H11FN2O3S2. The van der Waals surface area contributed by atoms with Gasteiger partial charge >= 0.3 is 5.97 Å². The predicted octanol–water partition coefficient (Wildman–Crippen LogP) is 4.47. The SMILES string of the molecule is O=C(O)c1ccc(NSc2csc(-c3ccc(F)cc3)n2)c(O)c1. The maximum absolute atomic E-state index is 12.9. The average Bonchev–Trinajstić information content (AvgIpc) is 3.03. The number of nitrogens with one attached hydrogen (secondary N) is 1. The fraction of sp³-hybridized carbons (Fsp3) is 0. The van der Waals surface area contributed by atoms with Gasteiger partial charge in [-0.05, 0) is 42.5 Å². The second kappa shape index (κ2) is 6.90. The summed E-state index contributed by atoms with van der Waals surface area (Å²) in [7, 11) is 0. The number of aromatic nitrogens is 1. The Morgan fingerprint density at radius 1 is 1.21 bits per heavy atom. The quantitative estimate of drug-likeness (QED) is 0.459. The number of carboxylic acids is 1. The van der Waals surface area contributed by atoms with Crippen LogP contribution in [0.5, 0.6) is 5.75 Å². The molecule has 0 spiro atoms. The molecule has 3 aromatic rings. The van der Waals surface area contributed by atoms with Crippen molar-refractivity contribution >= 4 is 34.9 Å². The van der Waals surface area contributed by atoms with E-state index in [1.807, 2.05) is 5.38 Å². The topological polar surface area (TPSA) is 82.5 Å². The Hall–Kier alpha value is -2.58. The summed E-state index contributed by atoms with van der Waals surface area (Å²) >= 11 is 2.61. The molecule has 1 aromatic heterocycles. The summed E-state index contributed by atoms with van der Waals surface area (Å²) in [6.07, 6.45) is 0. The number of hydrogen-bond acceptors (Lipinski definition) is 6. The van der Waals surface area contributed by atoms with Gasteiger partial charge in [-0.25, -0.2) is 14.2 Å². The highest BCUT2D eigenvalue weighted by Crippen LogP contribution is 2.32. The van der Waals surface area contributed by atoms with E-state index in [0.29, 0.717) is 10.7 Å². The summed E-state index contributed by atoms with van der Waals surface area (Å²) in [5.41, 5.74) is 1.22. The van der Waals surface area contributed by atoms with Crippen LogP contribution in [0.15, 0.2) is 52.9 Å². The molecular weight excluding hydrogens is 351 g/mol. The first-order chi connectivity index (χ1) is 11.5. The predicted molar refractivity (Wildman–Crippen MR) is 92.1 cm³/mol. The molecule has 8 heteroatoms. The van der Waals surface area contributed by atoms with E-state index in [0.717, 1.165) is 10.6 Å². The third-order valence-electron chi connectivity index (χ3n) is 3.08. The van der Waals surface area contributed by atoms with Crippen LogP contribution in [0.2, 0.25) is 0 Å². The minimum absolute atomic E-state index is 0.00954. The molecule has 0 aliphatic rings. The van der Waals surface area contributed by atoms with Gasteiger partial charge < -0.3 is 14.9 Å². The minimum Gasteiger partial charge on any atom is -0.506 e. The summed E-state index contributed by atoms with van der Waals surface area (Å²) in [5, 5.41) is 22.0. The van der Waals surface area contributed by atoms with Gasteiger partial charge in [0.2, 0.25) is 0 Å². The molecule has 0 unspecified atom stereocenters. The van der Waals surface area contributed by atoms with Crippen LogP contribution < -0.4 is 4.72 Å². The number of hydrogen-bond donors (Lipinski definition) is 3. The molecule has 5 nitrogen and oxygen atoms in total. The molecule has 0 radical (unpaired) electrons. The molecule has 0 saturated heterocycles. The Labute approximate surface area is 144 Å². The van der Waals surface area contributed by atoms with Crippen LogP contribution in [0.25, 0.3) is 10.6 Å². The minimum atomic E-state index is -1.10. The van der Waals surface area contributed by atoms with Crippen molar-refractivity contribution in [1.82, 2.24) is 4.98 Å². The average molecular weight is 362 g/mol. The van der Waals surface area contributed by atoms with Crippen molar-refractivity contribution in [2.75, 3.05) is 4.72 Å². The van der Waals surface area contributed by atoms with Crippen LogP contribution >= 0.6 is 23.3 Å². The number of aromatic hydroxyl groups is 1. The van der Waals surface area contributed by atoms with Crippen LogP contribution in [0.4, 0.5) is 10.1 Å². The Morgan fingerprint density at radius 2 is 1.96 bits per heavy atom. The number of halogens is 1. The highest BCUT2D eigenvalue weighted by atomic mass is 32.2. The van der Waals surface area contributed by atoms with E-state index in [1.54, 1.807) is 12.1 Å². The van der Waals surface area contributed by atoms with Gasteiger partial charge in [0.1, 0.15) is 21.6 Å². The fourth-order valence-electron chi connectivity index (χ4n) is 1.89. The van der Waals surface area contributed by atoms with Gasteiger partial charge in [-0.3, -0.25) is 0 Å². The standard InChI is InChI=1S/C16H11FN2O3S2/c17-11-4-1-9(2-5-11)15-18-14(8-23-15)24-19-12-6-3-10(16(21)22)7-13(12)20/h1-8,19-20H,(H,21,22). The van der Waals surface area contributed by atoms with Gasteiger partial charge in [-0.1, -0.05) is 0 Å². The Bertz CT molecular complexity index is 881. The van der Waals surface area contributed by atoms with E-state index >= 15 is 0 Å². The zero-order chi connectivity index (χ0) is 17.1. The molecule has 0 aliphatic heterocycles. The van der Waals surface area contributed by atoms with E-state index < -0.39 is 5.97 Å². The first kappa shape index (κ1) is 16.3. The number of phenolic OH excluding ortho intramolecular Hbond substituents is 1. The van der Waals surface area contributed by atoms with E-state index in [9.17, 15) is 14.3 Å². The second-order valence-corrected chi connectivity index (χ2v) is 6.42. The van der Waals surface area contributed by atoms with Crippen molar-refractivity contribution in [2.24, 2.45) is 0 Å². The molecule has 0 amide bonds. The molecule has 0 saturated carbocycles. The molecule has 2 aromatic carbocycles. The normalized spacial score (nSPS) is 10.5. The third-order valence-corrected chi connectivity index (χ3v) is 4.87. The van der Waals surface area contributed by atoms with Crippen molar-refractivity contribution in [3.63, 3.8) is 0 Å². The molecule has 3 N–H and O–H groups in total. The van der Waals surface area contributed by atoms with Gasteiger partial charge in [0.05, 0.1) is 11.3 Å². The number of anilines is 1. The van der Waals surface area contributed by atoms with Crippen LogP contribution in [0.1, 0.15) is 10.4 Å². The zero-order valence-corrected chi connectivity index (χ0v) is 13.7. The molecule has 122 valence electrons. The van der Waals surface area contributed by atoms with Crippen molar-refractivity contribution in [2.45, 2.75) is 5.03 Å². The highest BCUT2D eigenvalue weighted by molar-refractivity contribution is 8.00. The Morgan fingerprint density at radius 3 is 2.62 bits per heavy atom. The van der Waals surface area contributed by atoms with Crippen LogP contribution in [0, 0.1) is 5.82 Å². The Kier molecular flexibility index (Phi) is 4.68. The van der Waals surface area contributed by atoms with E-state index in [1.165, 1.54) is 53.6 Å². The van der Waals surface area contributed by atoms with Gasteiger partial charge in [0, 0.05) is 22.9 Å². The lowest BCUT2D eigenvalue weighted by atomic mass is 10.2.